The van der Waals surface area contributed by atoms with Gasteiger partial charge >= 0.3 is 5.97 Å². The number of halogens is 1. The van der Waals surface area contributed by atoms with Crippen LogP contribution in [0.4, 0.5) is 4.39 Å². The van der Waals surface area contributed by atoms with Crippen molar-refractivity contribution in [1.29, 1.82) is 0 Å². The summed E-state index contributed by atoms with van der Waals surface area (Å²) in [6, 6.07) is 24.9. The number of rotatable bonds is 12. The lowest BCUT2D eigenvalue weighted by molar-refractivity contribution is -0.131. The lowest BCUT2D eigenvalue weighted by Crippen LogP contribution is -2.47. The van der Waals surface area contributed by atoms with Gasteiger partial charge in [0, 0.05) is 37.3 Å². The fourth-order valence-corrected chi connectivity index (χ4v) is 5.99. The molecule has 0 fully saturated rings. The highest BCUT2D eigenvalue weighted by molar-refractivity contribution is 7.89. The number of carboxylic acid groups (broad SMARTS) is 1. The van der Waals surface area contributed by atoms with Gasteiger partial charge in [-0.05, 0) is 72.0 Å². The first-order valence-electron chi connectivity index (χ1n) is 13.5. The van der Waals surface area contributed by atoms with Crippen LogP contribution in [0.3, 0.4) is 0 Å². The quantitative estimate of drug-likeness (QED) is 0.193. The number of aliphatic hydroxyl groups is 1. The van der Waals surface area contributed by atoms with Gasteiger partial charge in [-0.25, -0.2) is 17.6 Å². The van der Waals surface area contributed by atoms with E-state index < -0.39 is 27.9 Å². The van der Waals surface area contributed by atoms with Crippen molar-refractivity contribution in [3.63, 3.8) is 0 Å². The number of aliphatic hydroxyl groups excluding tert-OH is 1. The molecule has 0 saturated heterocycles. The molecular formula is C33H35FN2O5S. The molecule has 9 heteroatoms. The molecule has 0 radical (unpaired) electrons. The summed E-state index contributed by atoms with van der Waals surface area (Å²) in [5.74, 6) is -1.77. The Hall–Kier alpha value is -3.89. The van der Waals surface area contributed by atoms with Gasteiger partial charge in [0.15, 0.2) is 0 Å². The van der Waals surface area contributed by atoms with Gasteiger partial charge in [0.25, 0.3) is 0 Å². The number of benzene rings is 4. The summed E-state index contributed by atoms with van der Waals surface area (Å²) in [5.41, 5.74) is 2.08. The Labute approximate surface area is 246 Å². The summed E-state index contributed by atoms with van der Waals surface area (Å²) in [5, 5.41) is 25.1. The second kappa shape index (κ2) is 13.0. The van der Waals surface area contributed by atoms with Gasteiger partial charge in [-0.3, -0.25) is 0 Å². The first-order chi connectivity index (χ1) is 19.8. The maximum Gasteiger partial charge on any atom is 0.328 e. The van der Waals surface area contributed by atoms with Crippen molar-refractivity contribution in [3.05, 3.63) is 108 Å². The van der Waals surface area contributed by atoms with Gasteiger partial charge in [0.05, 0.1) is 11.0 Å². The molecule has 4 aromatic carbocycles. The van der Waals surface area contributed by atoms with Gasteiger partial charge in [0.1, 0.15) is 5.82 Å². The van der Waals surface area contributed by atoms with Crippen molar-refractivity contribution in [2.75, 3.05) is 20.1 Å². The van der Waals surface area contributed by atoms with Crippen molar-refractivity contribution >= 4 is 32.8 Å². The van der Waals surface area contributed by atoms with E-state index in [1.165, 1.54) is 48.2 Å². The Morgan fingerprint density at radius 2 is 1.64 bits per heavy atom. The molecule has 7 nitrogen and oxygen atoms in total. The normalized spacial score (nSPS) is 13.2. The lowest BCUT2D eigenvalue weighted by atomic mass is 9.93. The Kier molecular flexibility index (Phi) is 9.58. The average Bonchev–Trinajstić information content (AvgIpc) is 2.95. The molecule has 0 bridgehead atoms. The van der Waals surface area contributed by atoms with E-state index in [-0.39, 0.29) is 29.1 Å². The van der Waals surface area contributed by atoms with E-state index in [0.29, 0.717) is 11.1 Å². The summed E-state index contributed by atoms with van der Waals surface area (Å²) >= 11 is 0. The zero-order chi connectivity index (χ0) is 30.5. The van der Waals surface area contributed by atoms with Crippen LogP contribution in [0.2, 0.25) is 0 Å². The molecule has 0 unspecified atom stereocenters. The van der Waals surface area contributed by atoms with Crippen LogP contribution in [-0.2, 0) is 21.2 Å². The molecule has 0 aliphatic rings. The minimum Gasteiger partial charge on any atom is -0.478 e. The Morgan fingerprint density at radius 1 is 0.976 bits per heavy atom. The van der Waals surface area contributed by atoms with Crippen molar-refractivity contribution in [2.45, 2.75) is 36.8 Å². The lowest BCUT2D eigenvalue weighted by Gasteiger charge is -2.29. The van der Waals surface area contributed by atoms with Crippen LogP contribution in [-0.4, -0.2) is 60.7 Å². The third-order valence-electron chi connectivity index (χ3n) is 7.05. The Morgan fingerprint density at radius 3 is 2.31 bits per heavy atom. The van der Waals surface area contributed by atoms with E-state index in [2.05, 4.69) is 35.6 Å². The molecule has 0 aromatic heterocycles. The van der Waals surface area contributed by atoms with E-state index in [1.54, 1.807) is 18.2 Å². The van der Waals surface area contributed by atoms with Gasteiger partial charge in [0.2, 0.25) is 10.0 Å². The number of nitrogens with zero attached hydrogens (tertiary/aromatic N) is 1. The molecule has 4 aromatic rings. The standard InChI is InChI=1S/C33H35FN2O5S/c1-33(2,20-23-8-9-24-6-4-5-7-27(24)18-23)35-21-29(37)22-36(3)42(40,41)30-15-12-25(13-16-30)28-11-10-26(31(34)19-28)14-17-32(38)39/h4-19,29,35,37H,20-22H2,1-3H3,(H,38,39)/t29-/m1/s1. The summed E-state index contributed by atoms with van der Waals surface area (Å²) in [4.78, 5) is 10.7. The number of likely N-dealkylation sites (N-methyl/N-ethyl adjacent to an activating group) is 1. The van der Waals surface area contributed by atoms with Crippen LogP contribution in [0.15, 0.2) is 95.9 Å². The average molecular weight is 591 g/mol. The van der Waals surface area contributed by atoms with E-state index in [9.17, 15) is 22.7 Å². The summed E-state index contributed by atoms with van der Waals surface area (Å²) in [6.45, 7) is 4.20. The van der Waals surface area contributed by atoms with Crippen LogP contribution >= 0.6 is 0 Å². The highest BCUT2D eigenvalue weighted by Crippen LogP contribution is 2.25. The zero-order valence-corrected chi connectivity index (χ0v) is 24.6. The van der Waals surface area contributed by atoms with E-state index in [4.69, 9.17) is 5.11 Å². The highest BCUT2D eigenvalue weighted by atomic mass is 32.2. The molecule has 42 heavy (non-hydrogen) atoms. The molecule has 0 aliphatic carbocycles. The third kappa shape index (κ3) is 7.89. The predicted molar refractivity (Wildman–Crippen MR) is 164 cm³/mol. The van der Waals surface area contributed by atoms with Gasteiger partial charge in [-0.2, -0.15) is 4.31 Å². The van der Waals surface area contributed by atoms with Crippen molar-refractivity contribution in [2.24, 2.45) is 0 Å². The number of carbonyl (C=O) groups is 1. The second-order valence-electron chi connectivity index (χ2n) is 11.0. The number of carboxylic acids is 1. The monoisotopic (exact) mass is 590 g/mol. The molecule has 0 amide bonds. The number of sulfonamides is 1. The third-order valence-corrected chi connectivity index (χ3v) is 8.88. The van der Waals surface area contributed by atoms with Crippen LogP contribution in [0.5, 0.6) is 0 Å². The number of hydrogen-bond donors (Lipinski definition) is 3. The zero-order valence-electron chi connectivity index (χ0n) is 23.8. The maximum absolute atomic E-state index is 14.4. The highest BCUT2D eigenvalue weighted by Gasteiger charge is 2.25. The number of aliphatic carboxylic acids is 1. The smallest absolute Gasteiger partial charge is 0.328 e. The first-order valence-corrected chi connectivity index (χ1v) is 15.0. The SMILES string of the molecule is CN(C[C@H](O)CNC(C)(C)Cc1ccc2ccccc2c1)S(=O)(=O)c1ccc(-c2ccc(C=CC(=O)O)c(F)c2)cc1. The second-order valence-corrected chi connectivity index (χ2v) is 13.0. The molecule has 0 heterocycles. The minimum atomic E-state index is -3.88. The predicted octanol–water partition coefficient (Wildman–Crippen LogP) is 5.34. The van der Waals surface area contributed by atoms with Crippen LogP contribution in [0, 0.1) is 5.82 Å². The van der Waals surface area contributed by atoms with Crippen LogP contribution in [0.1, 0.15) is 25.0 Å². The molecule has 4 rings (SSSR count). The van der Waals surface area contributed by atoms with E-state index in [1.807, 2.05) is 26.0 Å². The van der Waals surface area contributed by atoms with Crippen molar-refractivity contribution in [3.8, 4) is 11.1 Å². The molecule has 0 saturated carbocycles. The Bertz CT molecular complexity index is 1700. The molecule has 220 valence electrons. The van der Waals surface area contributed by atoms with Crippen LogP contribution < -0.4 is 5.32 Å². The van der Waals surface area contributed by atoms with E-state index in [0.717, 1.165) is 22.4 Å². The minimum absolute atomic E-state index is 0.0482. The van der Waals surface area contributed by atoms with Crippen molar-refractivity contribution < 1.29 is 27.8 Å². The summed E-state index contributed by atoms with van der Waals surface area (Å²) in [6.07, 6.45) is 1.82. The first kappa shape index (κ1) is 31.1. The molecule has 1 atom stereocenters. The fourth-order valence-electron chi connectivity index (χ4n) is 4.78. The Balaban J connectivity index is 1.35. The number of nitrogens with one attached hydrogen (secondary N) is 1. The summed E-state index contributed by atoms with van der Waals surface area (Å²) < 4.78 is 41.9. The fraction of sp³-hybridized carbons (Fsp3) is 0.242. The topological polar surface area (TPSA) is 107 Å². The molecule has 3 N–H and O–H groups in total. The van der Waals surface area contributed by atoms with Gasteiger partial charge in [-0.15, -0.1) is 0 Å². The molecule has 0 aliphatic heterocycles. The van der Waals surface area contributed by atoms with Gasteiger partial charge in [-0.1, -0.05) is 66.7 Å². The maximum atomic E-state index is 14.4. The van der Waals surface area contributed by atoms with Crippen molar-refractivity contribution in [1.82, 2.24) is 9.62 Å². The number of β-amino-alcohol motifs (C(OH)–C–C–N with tert-alkyl or cyclic N) is 1. The summed E-state index contributed by atoms with van der Waals surface area (Å²) in [7, 11) is -2.46. The van der Waals surface area contributed by atoms with Crippen LogP contribution in [0.25, 0.3) is 28.0 Å². The largest absolute Gasteiger partial charge is 0.478 e. The molecular weight excluding hydrogens is 555 g/mol. The molecule has 0 spiro atoms. The van der Waals surface area contributed by atoms with E-state index >= 15 is 0 Å². The van der Waals surface area contributed by atoms with Gasteiger partial charge < -0.3 is 15.5 Å². The number of fused-ring (bicyclic) bond motifs is 1. The number of hydrogen-bond acceptors (Lipinski definition) is 5.